The molecular formula is C37H37N5O9. The molecule has 264 valence electrons. The molecule has 2 fully saturated rings. The quantitative estimate of drug-likeness (QED) is 0.159. The van der Waals surface area contributed by atoms with Gasteiger partial charge in [-0.05, 0) is 48.9 Å². The molecule has 0 saturated carbocycles. The predicted molar refractivity (Wildman–Crippen MR) is 179 cm³/mol. The molecule has 1 N–H and O–H groups in total. The number of aromatic nitrogens is 3. The molecule has 2 aliphatic rings. The van der Waals surface area contributed by atoms with Crippen LogP contribution in [0.4, 0.5) is 9.59 Å². The lowest BCUT2D eigenvalue weighted by Crippen LogP contribution is -2.31. The first-order valence-corrected chi connectivity index (χ1v) is 16.5. The molecule has 3 aromatic heterocycles. The molecule has 2 aliphatic heterocycles. The number of aromatic carboxylic acids is 1. The Hall–Kier alpha value is -6.18. The zero-order chi connectivity index (χ0) is 35.4. The highest BCUT2D eigenvalue weighted by Gasteiger charge is 2.37. The number of carbonyl (C=O) groups excluding carboxylic acids is 2. The Morgan fingerprint density at radius 3 is 1.86 bits per heavy atom. The highest BCUT2D eigenvalue weighted by Crippen LogP contribution is 2.35. The number of hydrogen-bond donors (Lipinski definition) is 1. The minimum Gasteiger partial charge on any atom is -0.486 e. The average molecular weight is 696 g/mol. The molecule has 51 heavy (non-hydrogen) atoms. The number of carboxylic acids is 1. The van der Waals surface area contributed by atoms with Crippen molar-refractivity contribution in [2.45, 2.75) is 57.6 Å². The minimum absolute atomic E-state index is 0.155. The van der Waals surface area contributed by atoms with Crippen LogP contribution in [0.1, 0.15) is 76.6 Å². The van der Waals surface area contributed by atoms with Gasteiger partial charge < -0.3 is 28.2 Å². The van der Waals surface area contributed by atoms with E-state index in [0.29, 0.717) is 36.7 Å². The van der Waals surface area contributed by atoms with E-state index in [0.717, 1.165) is 36.8 Å². The summed E-state index contributed by atoms with van der Waals surface area (Å²) in [5.41, 5.74) is 2.37. The van der Waals surface area contributed by atoms with Crippen molar-refractivity contribution < 1.29 is 42.5 Å². The number of hydrogen-bond acceptors (Lipinski definition) is 11. The van der Waals surface area contributed by atoms with Crippen LogP contribution in [0.5, 0.6) is 5.75 Å². The highest BCUT2D eigenvalue weighted by molar-refractivity contribution is 5.86. The lowest BCUT2D eigenvalue weighted by molar-refractivity contribution is 0.0677. The number of amides is 2. The normalized spacial score (nSPS) is 16.6. The number of oxazole rings is 2. The Morgan fingerprint density at radius 1 is 0.725 bits per heavy atom. The second kappa shape index (κ2) is 17.0. The van der Waals surface area contributed by atoms with E-state index in [9.17, 15) is 14.4 Å². The van der Waals surface area contributed by atoms with Crippen LogP contribution < -0.4 is 4.74 Å². The molecule has 7 rings (SSSR count). The molecule has 2 amide bonds. The standard InChI is InChI=1S/C21H21N3O4.C16H16N2O5/c25-21(27-13-16-6-2-1-3-7-16)24-11-5-9-19(24)20-18(23-15-28-20)14-26-17-8-4-10-22-12-17;19-15(20)13-14(23-10-17-13)12-7-4-8-18(12)16(21)22-9-11-5-2-1-3-6-11/h1-4,6-8,10,12,15,19H,5,9,11,13-14H2;1-3,5-6,10,12H,4,7-9H2,(H,19,20)/t19-;12-/m00/s1. The van der Waals surface area contributed by atoms with Crippen LogP contribution >= 0.6 is 0 Å². The van der Waals surface area contributed by atoms with E-state index in [1.165, 1.54) is 11.3 Å². The largest absolute Gasteiger partial charge is 0.486 e. The first-order chi connectivity index (χ1) is 25.0. The summed E-state index contributed by atoms with van der Waals surface area (Å²) < 4.78 is 27.4. The van der Waals surface area contributed by atoms with Crippen LogP contribution in [-0.2, 0) is 29.3 Å². The van der Waals surface area contributed by atoms with E-state index in [4.69, 9.17) is 28.2 Å². The molecule has 0 spiro atoms. The first-order valence-electron chi connectivity index (χ1n) is 16.5. The smallest absolute Gasteiger partial charge is 0.410 e. The van der Waals surface area contributed by atoms with E-state index in [1.807, 2.05) is 66.7 Å². The third kappa shape index (κ3) is 8.90. The Balaban J connectivity index is 0.000000179. The molecule has 0 aliphatic carbocycles. The van der Waals surface area contributed by atoms with Crippen molar-refractivity contribution in [2.24, 2.45) is 0 Å². The van der Waals surface area contributed by atoms with Crippen LogP contribution in [0.2, 0.25) is 0 Å². The summed E-state index contributed by atoms with van der Waals surface area (Å²) >= 11 is 0. The molecule has 0 unspecified atom stereocenters. The fourth-order valence-electron chi connectivity index (χ4n) is 6.01. The van der Waals surface area contributed by atoms with Crippen molar-refractivity contribution in [2.75, 3.05) is 13.1 Å². The Kier molecular flexibility index (Phi) is 11.5. The zero-order valence-corrected chi connectivity index (χ0v) is 27.7. The summed E-state index contributed by atoms with van der Waals surface area (Å²) in [6.07, 6.45) is 8.04. The van der Waals surface area contributed by atoms with Crippen LogP contribution in [0.15, 0.2) is 107 Å². The Bertz CT molecular complexity index is 1870. The molecule has 2 aromatic carbocycles. The number of rotatable bonds is 10. The van der Waals surface area contributed by atoms with Gasteiger partial charge in [-0.15, -0.1) is 0 Å². The summed E-state index contributed by atoms with van der Waals surface area (Å²) in [5, 5.41) is 9.13. The molecule has 5 heterocycles. The van der Waals surface area contributed by atoms with Crippen molar-refractivity contribution in [3.63, 3.8) is 0 Å². The molecule has 14 heteroatoms. The molecule has 2 atom stereocenters. The summed E-state index contributed by atoms with van der Waals surface area (Å²) in [5.74, 6) is 0.338. The number of carboxylic acid groups (broad SMARTS) is 1. The van der Waals surface area contributed by atoms with Crippen molar-refractivity contribution in [1.29, 1.82) is 0 Å². The van der Waals surface area contributed by atoms with Gasteiger partial charge in [-0.2, -0.15) is 0 Å². The Labute approximate surface area is 293 Å². The van der Waals surface area contributed by atoms with Crippen molar-refractivity contribution in [1.82, 2.24) is 24.8 Å². The van der Waals surface area contributed by atoms with Crippen LogP contribution in [0, 0.1) is 0 Å². The van der Waals surface area contributed by atoms with Crippen molar-refractivity contribution >= 4 is 18.2 Å². The SMILES string of the molecule is O=C(O)c1ncoc1[C@@H]1CCCN1C(=O)OCc1ccccc1.O=C(OCc1ccccc1)N1CCC[C@H]1c1ocnc1COc1cccnc1. The lowest BCUT2D eigenvalue weighted by Gasteiger charge is -2.23. The van der Waals surface area contributed by atoms with Gasteiger partial charge in [0.15, 0.2) is 30.0 Å². The number of nitrogens with zero attached hydrogens (tertiary/aromatic N) is 5. The van der Waals surface area contributed by atoms with Gasteiger partial charge in [0, 0.05) is 19.3 Å². The summed E-state index contributed by atoms with van der Waals surface area (Å²) in [7, 11) is 0. The second-order valence-electron chi connectivity index (χ2n) is 11.8. The molecule has 14 nitrogen and oxygen atoms in total. The molecular weight excluding hydrogens is 658 g/mol. The van der Waals surface area contributed by atoms with E-state index in [-0.39, 0.29) is 43.4 Å². The maximum absolute atomic E-state index is 12.6. The van der Waals surface area contributed by atoms with Gasteiger partial charge >= 0.3 is 18.2 Å². The predicted octanol–water partition coefficient (Wildman–Crippen LogP) is 6.97. The van der Waals surface area contributed by atoms with Crippen molar-refractivity contribution in [3.8, 4) is 5.75 Å². The van der Waals surface area contributed by atoms with Gasteiger partial charge in [0.2, 0.25) is 0 Å². The van der Waals surface area contributed by atoms with E-state index < -0.39 is 18.1 Å². The third-order valence-corrected chi connectivity index (χ3v) is 8.47. The number of pyridine rings is 1. The maximum atomic E-state index is 12.6. The van der Waals surface area contributed by atoms with Crippen LogP contribution in [0.25, 0.3) is 0 Å². The molecule has 5 aromatic rings. The van der Waals surface area contributed by atoms with Gasteiger partial charge in [0.05, 0.1) is 18.3 Å². The second-order valence-corrected chi connectivity index (χ2v) is 11.8. The van der Waals surface area contributed by atoms with Crippen molar-refractivity contribution in [3.05, 3.63) is 132 Å². The van der Waals surface area contributed by atoms with Gasteiger partial charge in [-0.25, -0.2) is 24.4 Å². The molecule has 0 bridgehead atoms. The van der Waals surface area contributed by atoms with Gasteiger partial charge in [0.25, 0.3) is 0 Å². The minimum atomic E-state index is -1.17. The molecule has 2 saturated heterocycles. The number of likely N-dealkylation sites (tertiary alicyclic amines) is 2. The molecule has 0 radical (unpaired) electrons. The monoisotopic (exact) mass is 695 g/mol. The topological polar surface area (TPSA) is 171 Å². The Morgan fingerprint density at radius 2 is 1.29 bits per heavy atom. The van der Waals surface area contributed by atoms with Crippen LogP contribution in [-0.4, -0.2) is 61.1 Å². The summed E-state index contributed by atoms with van der Waals surface area (Å²) in [6, 6.07) is 22.0. The van der Waals surface area contributed by atoms with Crippen LogP contribution in [0.3, 0.4) is 0 Å². The van der Waals surface area contributed by atoms with Gasteiger partial charge in [-0.3, -0.25) is 14.8 Å². The van der Waals surface area contributed by atoms with E-state index in [1.54, 1.807) is 23.4 Å². The number of ether oxygens (including phenoxy) is 3. The first kappa shape index (κ1) is 34.7. The number of benzene rings is 2. The van der Waals surface area contributed by atoms with Gasteiger partial charge in [-0.1, -0.05) is 60.7 Å². The van der Waals surface area contributed by atoms with E-state index in [2.05, 4.69) is 15.0 Å². The highest BCUT2D eigenvalue weighted by atomic mass is 16.6. The zero-order valence-electron chi connectivity index (χ0n) is 27.7. The fraction of sp³-hybridized carbons (Fsp3) is 0.297. The average Bonchev–Trinajstić information content (AvgIpc) is 4.00. The third-order valence-electron chi connectivity index (χ3n) is 8.47. The lowest BCUT2D eigenvalue weighted by atomic mass is 10.1. The van der Waals surface area contributed by atoms with Gasteiger partial charge in [0.1, 0.15) is 31.3 Å². The summed E-state index contributed by atoms with van der Waals surface area (Å²) in [4.78, 5) is 51.3. The maximum Gasteiger partial charge on any atom is 0.410 e. The summed E-state index contributed by atoms with van der Waals surface area (Å²) in [6.45, 7) is 1.79. The number of carbonyl (C=O) groups is 3. The van der Waals surface area contributed by atoms with E-state index >= 15 is 0 Å². The fourth-order valence-corrected chi connectivity index (χ4v) is 6.01.